The number of phenolic OH excluding ortho intramolecular Hbond substituents is 3. The number of aryl methyl sites for hydroxylation is 2. The zero-order chi connectivity index (χ0) is 80.3. The van der Waals surface area contributed by atoms with Gasteiger partial charge < -0.3 is 79.9 Å². The Morgan fingerprint density at radius 1 is 0.282 bits per heavy atom. The van der Waals surface area contributed by atoms with Crippen LogP contribution in [0.2, 0.25) is 0 Å². The van der Waals surface area contributed by atoms with E-state index in [0.717, 1.165) is 54.1 Å². The number of aromatic hydroxyl groups is 6. The molecule has 0 saturated carbocycles. The van der Waals surface area contributed by atoms with Crippen molar-refractivity contribution in [3.63, 3.8) is 0 Å². The molecular weight excluding hydrogens is 2120 g/mol. The van der Waals surface area contributed by atoms with E-state index in [2.05, 4.69) is 90.4 Å². The lowest BCUT2D eigenvalue weighted by molar-refractivity contribution is 0.0682. The van der Waals surface area contributed by atoms with Crippen LogP contribution in [0.15, 0.2) is 200 Å². The number of carboxylic acid groups (broad SMARTS) is 5. The maximum absolute atomic E-state index is 13.7. The highest BCUT2D eigenvalue weighted by Gasteiger charge is 2.28. The first-order valence-electron chi connectivity index (χ1n) is 31.0. The maximum atomic E-state index is 13.7. The van der Waals surface area contributed by atoms with E-state index in [0.29, 0.717) is 63.5 Å². The Morgan fingerprint density at radius 3 is 1.06 bits per heavy atom. The third-order valence-corrected chi connectivity index (χ3v) is 19.9. The largest absolute Gasteiger partial charge is 0.507 e. The predicted octanol–water partition coefficient (Wildman–Crippen LogP) is 22.4. The molecule has 0 saturated heterocycles. The molecule has 0 amide bonds. The van der Waals surface area contributed by atoms with Gasteiger partial charge in [-0.05, 0) is 375 Å². The fourth-order valence-electron chi connectivity index (χ4n) is 9.83. The van der Waals surface area contributed by atoms with Crippen molar-refractivity contribution < 1.29 is 121 Å². The summed E-state index contributed by atoms with van der Waals surface area (Å²) in [6.45, 7) is 3.78. The van der Waals surface area contributed by atoms with Crippen molar-refractivity contribution >= 4 is 198 Å². The molecule has 0 bridgehead atoms. The van der Waals surface area contributed by atoms with Crippen LogP contribution >= 0.6 is 136 Å². The lowest BCUT2D eigenvalue weighted by Gasteiger charge is -2.12. The van der Waals surface area contributed by atoms with Gasteiger partial charge in [-0.25, -0.2) is 24.0 Å². The first-order chi connectivity index (χ1) is 52.0. The van der Waals surface area contributed by atoms with E-state index in [1.807, 2.05) is 88.5 Å². The summed E-state index contributed by atoms with van der Waals surface area (Å²) in [5, 5.41) is 106. The molecule has 0 fully saturated rings. The number of carbonyl (C=O) groups is 5. The summed E-state index contributed by atoms with van der Waals surface area (Å²) in [4.78, 5) is 54.5. The van der Waals surface area contributed by atoms with Crippen LogP contribution in [-0.4, -0.2) is 86.0 Å². The lowest BCUT2D eigenvalue weighted by Crippen LogP contribution is -2.00. The number of hydrogen-bond acceptors (Lipinski definition) is 16. The molecule has 13 rings (SSSR count). The number of phenols is 6. The number of fused-ring (bicyclic) bond motifs is 3. The molecule has 0 radical (unpaired) electrons. The second-order valence-corrected chi connectivity index (χ2v) is 30.1. The molecule has 0 spiro atoms. The summed E-state index contributed by atoms with van der Waals surface area (Å²) in [6.07, 6.45) is 0. The molecule has 13 aromatic rings. The van der Waals surface area contributed by atoms with Gasteiger partial charge in [0, 0.05) is 7.14 Å². The first kappa shape index (κ1) is 83.9. The second-order valence-electron chi connectivity index (χ2n) is 22.9. The van der Waals surface area contributed by atoms with Gasteiger partial charge in [0.05, 0.1) is 25.4 Å². The maximum Gasteiger partial charge on any atom is 0.339 e. The van der Waals surface area contributed by atoms with Crippen molar-refractivity contribution in [3.05, 3.63) is 284 Å². The Labute approximate surface area is 701 Å². The Kier molecular flexibility index (Phi) is 28.3. The van der Waals surface area contributed by atoms with E-state index in [9.17, 15) is 67.1 Å². The van der Waals surface area contributed by atoms with Crippen LogP contribution in [0.25, 0.3) is 32.3 Å². The number of aromatic carboxylic acids is 5. The quantitative estimate of drug-likeness (QED) is 0.0258. The van der Waals surface area contributed by atoms with Crippen molar-refractivity contribution in [1.29, 1.82) is 0 Å². The van der Waals surface area contributed by atoms with E-state index in [-0.39, 0.29) is 62.0 Å². The van der Waals surface area contributed by atoms with Gasteiger partial charge in [0.2, 0.25) is 29.0 Å². The van der Waals surface area contributed by atoms with Crippen LogP contribution in [0.3, 0.4) is 0 Å². The summed E-state index contributed by atoms with van der Waals surface area (Å²) >= 11 is 12.8. The number of hydrogen-bond donors (Lipinski definition) is 11. The minimum atomic E-state index is -2.01. The van der Waals surface area contributed by atoms with Crippen molar-refractivity contribution in [1.82, 2.24) is 0 Å². The number of carboxylic acids is 5. The van der Waals surface area contributed by atoms with E-state index in [1.54, 1.807) is 91.9 Å². The Balaban J connectivity index is 0.000000159. The van der Waals surface area contributed by atoms with Crippen LogP contribution in [0.4, 0.5) is 17.6 Å². The zero-order valence-corrected chi connectivity index (χ0v) is 68.8. The highest BCUT2D eigenvalue weighted by Crippen LogP contribution is 2.41. The molecule has 0 aliphatic rings. The van der Waals surface area contributed by atoms with Crippen LogP contribution in [-0.2, 0) is 0 Å². The van der Waals surface area contributed by atoms with Crippen molar-refractivity contribution in [2.75, 3.05) is 0 Å². The number of ether oxygens (including phenoxy) is 5. The molecule has 13 aromatic carbocycles. The summed E-state index contributed by atoms with van der Waals surface area (Å²) in [5.41, 5.74) is 1.61. The minimum Gasteiger partial charge on any atom is -0.507 e. The second kappa shape index (κ2) is 37.1. The Bertz CT molecular complexity index is 5680. The molecule has 0 heterocycles. The number of halogens is 10. The fraction of sp³-hybridized carbons (Fsp3) is 0.0253. The fourth-order valence-corrected chi connectivity index (χ4v) is 14.2. The molecule has 0 atom stereocenters. The normalized spacial score (nSPS) is 10.6. The van der Waals surface area contributed by atoms with Crippen molar-refractivity contribution in [2.24, 2.45) is 0 Å². The Morgan fingerprint density at radius 2 is 0.664 bits per heavy atom. The third kappa shape index (κ3) is 21.5. The zero-order valence-electron chi connectivity index (χ0n) is 55.8. The van der Waals surface area contributed by atoms with Gasteiger partial charge >= 0.3 is 29.8 Å². The van der Waals surface area contributed by atoms with Gasteiger partial charge in [-0.3, -0.25) is 0 Å². The van der Waals surface area contributed by atoms with Gasteiger partial charge in [-0.15, -0.1) is 0 Å². The molecule has 11 N–H and O–H groups in total. The van der Waals surface area contributed by atoms with Crippen LogP contribution < -0.4 is 23.7 Å². The Hall–Kier alpha value is -10.1. The van der Waals surface area contributed by atoms with E-state index >= 15 is 0 Å². The first-order valence-corrected chi connectivity index (χ1v) is 37.5. The average molecular weight is 2170 g/mol. The van der Waals surface area contributed by atoms with E-state index < -0.39 is 70.4 Å². The standard InChI is InChI=1S/C18H12I2O4.C17H8F4O5.C17H11IO4.C14H11IO4.C13H8I2O4/c1-9-4-12(19)8-15(20)17(9)24-13-3-2-10-6-14(18(22)23)16(21)7-11(10)5-13;18-11-13(20)16(14(21)12(19)15(11)23)26-8-2-1-6-4-9(17(24)25)10(22)5-7(6)3-8;18-12-2-5-13(6-3-12)22-14-4-1-10-8-15(17(20)21)16(19)9-11(10)7-14;1-8-6-11(7-12(15)13(8)16)19-10-4-2-9(3-5-10)14(17)18;14-9-6-12(10(15)5-11(9)16)19-8-3-1-7(2-4-8)13(17)18/h2-8,21H,1H3,(H,22,23);1-5,22-23H,(H,24,25);1-9,19H,(H,20,21);2-7,16H,1H3,(H,17,18);1-6,16H,(H,17,18). The monoisotopic (exact) mass is 2170 g/mol. The molecule has 562 valence electrons. The van der Waals surface area contributed by atoms with Crippen molar-refractivity contribution in [2.45, 2.75) is 13.8 Å². The predicted molar refractivity (Wildman–Crippen MR) is 448 cm³/mol. The molecule has 110 heavy (non-hydrogen) atoms. The summed E-state index contributed by atoms with van der Waals surface area (Å²) < 4.78 is 87.5. The van der Waals surface area contributed by atoms with Crippen molar-refractivity contribution in [3.8, 4) is 92.0 Å². The molecule has 0 aliphatic carbocycles. The smallest absolute Gasteiger partial charge is 0.339 e. The van der Waals surface area contributed by atoms with Gasteiger partial charge in [0.1, 0.15) is 97.2 Å². The van der Waals surface area contributed by atoms with Gasteiger partial charge in [-0.2, -0.15) is 17.6 Å². The third-order valence-electron chi connectivity index (χ3n) is 15.2. The summed E-state index contributed by atoms with van der Waals surface area (Å²) in [6, 6.07) is 53.1. The van der Waals surface area contributed by atoms with Gasteiger partial charge in [0.25, 0.3) is 0 Å². The van der Waals surface area contributed by atoms with E-state index in [1.165, 1.54) is 66.7 Å². The SMILES string of the molecule is Cc1cc(I)cc(I)c1Oc1ccc2cc(C(=O)O)c(O)cc2c1.Cc1cc(Oc2ccc(C(=O)O)cc2)cc(I)c1O.O=C(O)c1cc2ccc(Oc3c(F)c(F)c(O)c(F)c3F)cc2cc1O.O=C(O)c1cc2ccc(Oc3ccc(I)cc3)cc2cc1O.O=C(O)c1ccc(Oc2cc(I)c(O)cc2I)cc1. The van der Waals surface area contributed by atoms with Crippen LogP contribution in [0.5, 0.6) is 92.0 Å². The lowest BCUT2D eigenvalue weighted by atomic mass is 10.1. The molecule has 0 aromatic heterocycles. The average Bonchev–Trinajstić information content (AvgIpc) is 0.793. The summed E-state index contributed by atoms with van der Waals surface area (Å²) in [5.74, 6) is -12.5. The van der Waals surface area contributed by atoms with Gasteiger partial charge in [-0.1, -0.05) is 18.2 Å². The molecule has 0 unspecified atom stereocenters. The highest BCUT2D eigenvalue weighted by molar-refractivity contribution is 14.1. The molecular formula is C79H50F4I6O21. The highest BCUT2D eigenvalue weighted by atomic mass is 127. The molecule has 0 aliphatic heterocycles. The van der Waals surface area contributed by atoms with Crippen LogP contribution in [0, 0.1) is 58.5 Å². The molecule has 21 nitrogen and oxygen atoms in total. The topological polar surface area (TPSA) is 354 Å². The van der Waals surface area contributed by atoms with E-state index in [4.69, 9.17) is 54.3 Å². The number of benzene rings is 13. The summed E-state index contributed by atoms with van der Waals surface area (Å²) in [7, 11) is 0. The minimum absolute atomic E-state index is 0.112. The van der Waals surface area contributed by atoms with Gasteiger partial charge in [0.15, 0.2) is 5.75 Å². The number of rotatable bonds is 15. The molecule has 31 heteroatoms. The van der Waals surface area contributed by atoms with Crippen LogP contribution in [0.1, 0.15) is 62.9 Å².